The Labute approximate surface area is 110 Å². The van der Waals surface area contributed by atoms with Gasteiger partial charge < -0.3 is 14.7 Å². The minimum absolute atomic E-state index is 0.0499. The molecule has 0 aliphatic rings. The van der Waals surface area contributed by atoms with Crippen molar-refractivity contribution in [3.8, 4) is 5.75 Å². The highest BCUT2D eigenvalue weighted by Crippen LogP contribution is 2.16. The van der Waals surface area contributed by atoms with Crippen molar-refractivity contribution in [3.63, 3.8) is 0 Å². The standard InChI is InChI=1S/C13H15NO5/c1-9(2)13(17)18-8-7-14-19-11-6-4-3-5-10(11)12(15)16/h3-6,14H,1,7-8H2,2H3,(H,15,16). The van der Waals surface area contributed by atoms with Gasteiger partial charge in [-0.1, -0.05) is 18.7 Å². The average molecular weight is 265 g/mol. The van der Waals surface area contributed by atoms with Gasteiger partial charge in [-0.2, -0.15) is 5.48 Å². The number of rotatable bonds is 7. The molecule has 6 nitrogen and oxygen atoms in total. The molecule has 2 N–H and O–H groups in total. The number of carbonyl (C=O) groups excluding carboxylic acids is 1. The molecule has 102 valence electrons. The molecule has 0 radical (unpaired) electrons. The number of carboxylic acid groups (broad SMARTS) is 1. The van der Waals surface area contributed by atoms with E-state index < -0.39 is 11.9 Å². The third-order valence-electron chi connectivity index (χ3n) is 2.09. The van der Waals surface area contributed by atoms with E-state index in [-0.39, 0.29) is 24.5 Å². The number of esters is 1. The summed E-state index contributed by atoms with van der Waals surface area (Å²) in [6.07, 6.45) is 0. The fraction of sp³-hybridized carbons (Fsp3) is 0.231. The van der Waals surface area contributed by atoms with E-state index in [0.717, 1.165) is 0 Å². The minimum Gasteiger partial charge on any atom is -0.478 e. The molecule has 1 aromatic carbocycles. The molecule has 0 fully saturated rings. The van der Waals surface area contributed by atoms with Crippen LogP contribution in [0.4, 0.5) is 0 Å². The highest BCUT2D eigenvalue weighted by molar-refractivity contribution is 5.90. The predicted molar refractivity (Wildman–Crippen MR) is 67.8 cm³/mol. The summed E-state index contributed by atoms with van der Waals surface area (Å²) in [5.41, 5.74) is 2.89. The van der Waals surface area contributed by atoms with Crippen LogP contribution < -0.4 is 10.3 Å². The van der Waals surface area contributed by atoms with Gasteiger partial charge in [0.2, 0.25) is 0 Å². The van der Waals surface area contributed by atoms with Gasteiger partial charge in [-0.15, -0.1) is 0 Å². The number of carbonyl (C=O) groups is 2. The third kappa shape index (κ3) is 4.81. The van der Waals surface area contributed by atoms with E-state index in [1.165, 1.54) is 12.1 Å². The van der Waals surface area contributed by atoms with Crippen molar-refractivity contribution >= 4 is 11.9 Å². The first-order valence-electron chi connectivity index (χ1n) is 5.57. The maximum absolute atomic E-state index is 11.1. The topological polar surface area (TPSA) is 84.9 Å². The lowest BCUT2D eigenvalue weighted by molar-refractivity contribution is -0.139. The minimum atomic E-state index is -1.08. The van der Waals surface area contributed by atoms with Crippen LogP contribution in [0.5, 0.6) is 5.75 Å². The molecule has 0 unspecified atom stereocenters. The highest BCUT2D eigenvalue weighted by atomic mass is 16.6. The first-order chi connectivity index (χ1) is 9.02. The van der Waals surface area contributed by atoms with E-state index in [9.17, 15) is 9.59 Å². The molecule has 0 heterocycles. The largest absolute Gasteiger partial charge is 0.478 e. The molecule has 0 aliphatic carbocycles. The van der Waals surface area contributed by atoms with Crippen LogP contribution in [0.25, 0.3) is 0 Å². The zero-order chi connectivity index (χ0) is 14.3. The number of hydrogen-bond acceptors (Lipinski definition) is 5. The molecule has 0 amide bonds. The van der Waals surface area contributed by atoms with E-state index in [4.69, 9.17) is 14.7 Å². The van der Waals surface area contributed by atoms with Gasteiger partial charge in [-0.05, 0) is 19.1 Å². The second kappa shape index (κ2) is 7.17. The number of carboxylic acids is 1. The van der Waals surface area contributed by atoms with Gasteiger partial charge in [0.25, 0.3) is 0 Å². The van der Waals surface area contributed by atoms with Crippen LogP contribution in [0.3, 0.4) is 0 Å². The van der Waals surface area contributed by atoms with Crippen molar-refractivity contribution in [1.82, 2.24) is 5.48 Å². The smallest absolute Gasteiger partial charge is 0.339 e. The molecular weight excluding hydrogens is 250 g/mol. The van der Waals surface area contributed by atoms with Crippen molar-refractivity contribution in [2.45, 2.75) is 6.92 Å². The summed E-state index contributed by atoms with van der Waals surface area (Å²) in [4.78, 5) is 27.0. The SMILES string of the molecule is C=C(C)C(=O)OCCNOc1ccccc1C(=O)O. The molecule has 0 spiro atoms. The summed E-state index contributed by atoms with van der Waals surface area (Å²) in [5.74, 6) is -1.36. The summed E-state index contributed by atoms with van der Waals surface area (Å²) < 4.78 is 4.82. The number of para-hydroxylation sites is 1. The van der Waals surface area contributed by atoms with Crippen molar-refractivity contribution in [3.05, 3.63) is 42.0 Å². The van der Waals surface area contributed by atoms with Gasteiger partial charge in [0.05, 0.1) is 6.54 Å². The molecule has 19 heavy (non-hydrogen) atoms. The van der Waals surface area contributed by atoms with E-state index in [0.29, 0.717) is 5.57 Å². The van der Waals surface area contributed by atoms with Crippen molar-refractivity contribution < 1.29 is 24.3 Å². The monoisotopic (exact) mass is 265 g/mol. The summed E-state index contributed by atoms with van der Waals surface area (Å²) in [7, 11) is 0. The van der Waals surface area contributed by atoms with Crippen LogP contribution in [0.2, 0.25) is 0 Å². The van der Waals surface area contributed by atoms with Crippen LogP contribution in [0.1, 0.15) is 17.3 Å². The van der Waals surface area contributed by atoms with Crippen molar-refractivity contribution in [1.29, 1.82) is 0 Å². The average Bonchev–Trinajstić information content (AvgIpc) is 2.38. The van der Waals surface area contributed by atoms with Crippen molar-refractivity contribution in [2.75, 3.05) is 13.2 Å². The number of hydrogen-bond donors (Lipinski definition) is 2. The lowest BCUT2D eigenvalue weighted by Crippen LogP contribution is -2.25. The molecule has 0 bridgehead atoms. The van der Waals surface area contributed by atoms with Gasteiger partial charge >= 0.3 is 11.9 Å². The van der Waals surface area contributed by atoms with Gasteiger partial charge in [0.1, 0.15) is 12.2 Å². The van der Waals surface area contributed by atoms with E-state index in [1.807, 2.05) is 0 Å². The third-order valence-corrected chi connectivity index (χ3v) is 2.09. The fourth-order valence-corrected chi connectivity index (χ4v) is 1.17. The first kappa shape index (κ1) is 14.7. The van der Waals surface area contributed by atoms with E-state index in [1.54, 1.807) is 19.1 Å². The Hall–Kier alpha value is -2.34. The molecule has 0 atom stereocenters. The van der Waals surface area contributed by atoms with Gasteiger partial charge in [0.15, 0.2) is 5.75 Å². The van der Waals surface area contributed by atoms with Crippen LogP contribution >= 0.6 is 0 Å². The Morgan fingerprint density at radius 1 is 1.37 bits per heavy atom. The van der Waals surface area contributed by atoms with E-state index in [2.05, 4.69) is 12.1 Å². The second-order valence-electron chi connectivity index (χ2n) is 3.71. The highest BCUT2D eigenvalue weighted by Gasteiger charge is 2.10. The van der Waals surface area contributed by atoms with Gasteiger partial charge in [-0.25, -0.2) is 9.59 Å². The Balaban J connectivity index is 2.36. The zero-order valence-electron chi connectivity index (χ0n) is 10.5. The van der Waals surface area contributed by atoms with E-state index >= 15 is 0 Å². The Bertz CT molecular complexity index is 484. The maximum Gasteiger partial charge on any atom is 0.339 e. The summed E-state index contributed by atoms with van der Waals surface area (Å²) in [6.45, 7) is 5.32. The Kier molecular flexibility index (Phi) is 5.56. The molecule has 0 saturated carbocycles. The van der Waals surface area contributed by atoms with Crippen LogP contribution in [-0.4, -0.2) is 30.2 Å². The van der Waals surface area contributed by atoms with Crippen LogP contribution in [0.15, 0.2) is 36.4 Å². The number of benzene rings is 1. The molecule has 6 heteroatoms. The van der Waals surface area contributed by atoms with Gasteiger partial charge in [-0.3, -0.25) is 0 Å². The molecule has 1 aromatic rings. The summed E-state index contributed by atoms with van der Waals surface area (Å²) >= 11 is 0. The first-order valence-corrected chi connectivity index (χ1v) is 5.57. The van der Waals surface area contributed by atoms with Gasteiger partial charge in [0, 0.05) is 5.57 Å². The number of hydroxylamine groups is 1. The summed E-state index contributed by atoms with van der Waals surface area (Å²) in [6, 6.07) is 6.21. The number of aromatic carboxylic acids is 1. The lowest BCUT2D eigenvalue weighted by Gasteiger charge is -2.09. The fourth-order valence-electron chi connectivity index (χ4n) is 1.17. The molecule has 1 rings (SSSR count). The van der Waals surface area contributed by atoms with Crippen LogP contribution in [0, 0.1) is 0 Å². The number of nitrogens with one attached hydrogen (secondary N) is 1. The lowest BCUT2D eigenvalue weighted by atomic mass is 10.2. The second-order valence-corrected chi connectivity index (χ2v) is 3.71. The zero-order valence-corrected chi connectivity index (χ0v) is 10.5. The Morgan fingerprint density at radius 2 is 2.05 bits per heavy atom. The molecule has 0 saturated heterocycles. The molecule has 0 aliphatic heterocycles. The number of ether oxygens (including phenoxy) is 1. The quantitative estimate of drug-likeness (QED) is 0.335. The summed E-state index contributed by atoms with van der Waals surface area (Å²) in [5, 5.41) is 8.92. The molecular formula is C13H15NO5. The predicted octanol–water partition coefficient (Wildman–Crippen LogP) is 1.39. The Morgan fingerprint density at radius 3 is 2.68 bits per heavy atom. The maximum atomic E-state index is 11.1. The normalized spacial score (nSPS) is 9.74. The van der Waals surface area contributed by atoms with Crippen LogP contribution in [-0.2, 0) is 9.53 Å². The van der Waals surface area contributed by atoms with Crippen molar-refractivity contribution in [2.24, 2.45) is 0 Å². The molecule has 0 aromatic heterocycles.